The van der Waals surface area contributed by atoms with E-state index in [0.29, 0.717) is 24.5 Å². The quantitative estimate of drug-likeness (QED) is 0.704. The lowest BCUT2D eigenvalue weighted by molar-refractivity contribution is 0.0618. The molecule has 3 heterocycles. The number of amides is 1. The predicted octanol–water partition coefficient (Wildman–Crippen LogP) is 3.50. The average Bonchev–Trinajstić information content (AvgIpc) is 3.35. The van der Waals surface area contributed by atoms with Gasteiger partial charge in [0.1, 0.15) is 5.82 Å². The van der Waals surface area contributed by atoms with E-state index in [9.17, 15) is 9.18 Å². The van der Waals surface area contributed by atoms with Crippen LogP contribution in [0.2, 0.25) is 0 Å². The van der Waals surface area contributed by atoms with Crippen molar-refractivity contribution in [3.8, 4) is 10.6 Å². The van der Waals surface area contributed by atoms with E-state index in [1.165, 1.54) is 12.1 Å². The Morgan fingerprint density at radius 2 is 1.92 bits per heavy atom. The van der Waals surface area contributed by atoms with Crippen molar-refractivity contribution in [1.29, 1.82) is 0 Å². The van der Waals surface area contributed by atoms with Gasteiger partial charge in [0.25, 0.3) is 5.91 Å². The van der Waals surface area contributed by atoms with Crippen LogP contribution in [0, 0.1) is 5.82 Å². The summed E-state index contributed by atoms with van der Waals surface area (Å²) in [5, 5.41) is 5.89. The summed E-state index contributed by atoms with van der Waals surface area (Å²) in [5.41, 5.74) is 1.42. The van der Waals surface area contributed by atoms with Gasteiger partial charge < -0.3 is 9.42 Å². The van der Waals surface area contributed by atoms with Crippen LogP contribution in [0.4, 0.5) is 4.39 Å². The van der Waals surface area contributed by atoms with Gasteiger partial charge >= 0.3 is 0 Å². The third-order valence-electron chi connectivity index (χ3n) is 4.47. The van der Waals surface area contributed by atoms with Crippen molar-refractivity contribution in [2.45, 2.75) is 6.54 Å². The van der Waals surface area contributed by atoms with Crippen LogP contribution >= 0.6 is 11.3 Å². The minimum Gasteiger partial charge on any atom is -0.355 e. The van der Waals surface area contributed by atoms with Gasteiger partial charge in [-0.3, -0.25) is 9.69 Å². The highest BCUT2D eigenvalue weighted by atomic mass is 32.1. The number of piperazine rings is 1. The Labute approximate surface area is 154 Å². The van der Waals surface area contributed by atoms with Crippen molar-refractivity contribution >= 4 is 17.2 Å². The summed E-state index contributed by atoms with van der Waals surface area (Å²) in [7, 11) is 0. The smallest absolute Gasteiger partial charge is 0.276 e. The van der Waals surface area contributed by atoms with Gasteiger partial charge in [-0.1, -0.05) is 23.4 Å². The fourth-order valence-electron chi connectivity index (χ4n) is 3.03. The maximum atomic E-state index is 13.0. The van der Waals surface area contributed by atoms with Crippen molar-refractivity contribution in [2.75, 3.05) is 26.2 Å². The molecule has 4 rings (SSSR count). The molecule has 0 radical (unpaired) electrons. The number of thiophene rings is 1. The zero-order valence-electron chi connectivity index (χ0n) is 14.1. The molecule has 5 nitrogen and oxygen atoms in total. The van der Waals surface area contributed by atoms with Gasteiger partial charge in [-0.2, -0.15) is 0 Å². The molecule has 0 unspecified atom stereocenters. The van der Waals surface area contributed by atoms with E-state index in [0.717, 1.165) is 30.1 Å². The molecule has 3 aromatic rings. The molecule has 1 saturated heterocycles. The van der Waals surface area contributed by atoms with E-state index in [1.807, 2.05) is 17.5 Å². The van der Waals surface area contributed by atoms with E-state index >= 15 is 0 Å². The van der Waals surface area contributed by atoms with Gasteiger partial charge in [-0.25, -0.2) is 4.39 Å². The Morgan fingerprint density at radius 3 is 2.62 bits per heavy atom. The molecule has 0 spiro atoms. The lowest BCUT2D eigenvalue weighted by Crippen LogP contribution is -2.48. The molecule has 7 heteroatoms. The van der Waals surface area contributed by atoms with Crippen molar-refractivity contribution in [1.82, 2.24) is 15.0 Å². The molecule has 0 aliphatic carbocycles. The Hall–Kier alpha value is -2.51. The number of aromatic nitrogens is 1. The summed E-state index contributed by atoms with van der Waals surface area (Å²) in [4.78, 5) is 17.7. The van der Waals surface area contributed by atoms with Gasteiger partial charge in [0, 0.05) is 38.8 Å². The number of carbonyl (C=O) groups is 1. The summed E-state index contributed by atoms with van der Waals surface area (Å²) in [6.07, 6.45) is 0. The van der Waals surface area contributed by atoms with Gasteiger partial charge in [0.15, 0.2) is 11.5 Å². The number of hydrogen-bond acceptors (Lipinski definition) is 5. The highest BCUT2D eigenvalue weighted by Crippen LogP contribution is 2.25. The molecule has 2 aromatic heterocycles. The first-order valence-electron chi connectivity index (χ1n) is 8.46. The molecule has 1 fully saturated rings. The van der Waals surface area contributed by atoms with E-state index in [4.69, 9.17) is 4.52 Å². The molecular formula is C19H18FN3O2S. The maximum absolute atomic E-state index is 13.0. The number of halogens is 1. The van der Waals surface area contributed by atoms with Crippen molar-refractivity contribution < 1.29 is 13.7 Å². The summed E-state index contributed by atoms with van der Waals surface area (Å²) in [6.45, 7) is 3.59. The van der Waals surface area contributed by atoms with Crippen LogP contribution < -0.4 is 0 Å². The Bertz CT molecular complexity index is 869. The molecule has 1 aliphatic rings. The lowest BCUT2D eigenvalue weighted by atomic mass is 10.2. The molecular weight excluding hydrogens is 353 g/mol. The number of carbonyl (C=O) groups excluding carboxylic acids is 1. The first-order valence-corrected chi connectivity index (χ1v) is 9.34. The highest BCUT2D eigenvalue weighted by molar-refractivity contribution is 7.13. The molecule has 26 heavy (non-hydrogen) atoms. The predicted molar refractivity (Wildman–Crippen MR) is 97.4 cm³/mol. The largest absolute Gasteiger partial charge is 0.355 e. The number of hydrogen-bond donors (Lipinski definition) is 0. The zero-order valence-corrected chi connectivity index (χ0v) is 14.9. The van der Waals surface area contributed by atoms with Crippen LogP contribution in [0.1, 0.15) is 16.1 Å². The second kappa shape index (κ2) is 7.39. The summed E-state index contributed by atoms with van der Waals surface area (Å²) < 4.78 is 18.3. The first kappa shape index (κ1) is 16.9. The summed E-state index contributed by atoms with van der Waals surface area (Å²) >= 11 is 1.55. The molecule has 0 saturated carbocycles. The maximum Gasteiger partial charge on any atom is 0.276 e. The van der Waals surface area contributed by atoms with Gasteiger partial charge in [-0.15, -0.1) is 11.3 Å². The second-order valence-corrected chi connectivity index (χ2v) is 7.20. The van der Waals surface area contributed by atoms with Crippen molar-refractivity contribution in [3.63, 3.8) is 0 Å². The minimum atomic E-state index is -0.223. The van der Waals surface area contributed by atoms with Crippen molar-refractivity contribution in [3.05, 3.63) is 64.9 Å². The van der Waals surface area contributed by atoms with Gasteiger partial charge in [0.2, 0.25) is 0 Å². The SMILES string of the molecule is O=C(c1cc(-c2cccs2)on1)N1CCN(Cc2ccc(F)cc2)CC1. The van der Waals surface area contributed by atoms with Crippen LogP contribution in [0.5, 0.6) is 0 Å². The normalized spacial score (nSPS) is 15.3. The van der Waals surface area contributed by atoms with Gasteiger partial charge in [-0.05, 0) is 29.1 Å². The molecule has 0 N–H and O–H groups in total. The fourth-order valence-corrected chi connectivity index (χ4v) is 3.70. The molecule has 0 atom stereocenters. The first-order chi connectivity index (χ1) is 12.7. The number of rotatable bonds is 4. The molecule has 1 aromatic carbocycles. The molecule has 134 valence electrons. The van der Waals surface area contributed by atoms with E-state index in [-0.39, 0.29) is 11.7 Å². The van der Waals surface area contributed by atoms with E-state index in [1.54, 1.807) is 34.4 Å². The van der Waals surface area contributed by atoms with Crippen LogP contribution in [-0.2, 0) is 6.54 Å². The Morgan fingerprint density at radius 1 is 1.15 bits per heavy atom. The molecule has 1 aliphatic heterocycles. The topological polar surface area (TPSA) is 49.6 Å². The minimum absolute atomic E-state index is 0.0991. The lowest BCUT2D eigenvalue weighted by Gasteiger charge is -2.34. The standard InChI is InChI=1S/C19H18FN3O2S/c20-15-5-3-14(4-6-15)13-22-7-9-23(10-8-22)19(24)16-12-17(25-21-16)18-2-1-11-26-18/h1-6,11-12H,7-10,13H2. The number of nitrogens with zero attached hydrogens (tertiary/aromatic N) is 3. The Balaban J connectivity index is 1.34. The van der Waals surface area contributed by atoms with E-state index in [2.05, 4.69) is 10.1 Å². The fraction of sp³-hybridized carbons (Fsp3) is 0.263. The number of benzene rings is 1. The molecule has 1 amide bonds. The average molecular weight is 371 g/mol. The summed E-state index contributed by atoms with van der Waals surface area (Å²) in [5.74, 6) is 0.301. The van der Waals surface area contributed by atoms with Crippen LogP contribution in [0.25, 0.3) is 10.6 Å². The third-order valence-corrected chi connectivity index (χ3v) is 5.36. The second-order valence-electron chi connectivity index (χ2n) is 6.25. The monoisotopic (exact) mass is 371 g/mol. The van der Waals surface area contributed by atoms with Crippen molar-refractivity contribution in [2.24, 2.45) is 0 Å². The highest BCUT2D eigenvalue weighted by Gasteiger charge is 2.25. The Kier molecular flexibility index (Phi) is 4.81. The van der Waals surface area contributed by atoms with Crippen LogP contribution in [-0.4, -0.2) is 47.0 Å². The zero-order chi connectivity index (χ0) is 17.9. The van der Waals surface area contributed by atoms with Crippen LogP contribution in [0.3, 0.4) is 0 Å². The molecule has 0 bridgehead atoms. The van der Waals surface area contributed by atoms with Crippen LogP contribution in [0.15, 0.2) is 52.4 Å². The van der Waals surface area contributed by atoms with Gasteiger partial charge in [0.05, 0.1) is 4.88 Å². The van der Waals surface area contributed by atoms with E-state index < -0.39 is 0 Å². The summed E-state index contributed by atoms with van der Waals surface area (Å²) in [6, 6.07) is 12.1. The third kappa shape index (κ3) is 3.68.